The third kappa shape index (κ3) is 6.17. The van der Waals surface area contributed by atoms with E-state index in [1.165, 1.54) is 0 Å². The van der Waals surface area contributed by atoms with E-state index in [0.29, 0.717) is 45.2 Å². The number of hydrogen-bond donors (Lipinski definition) is 2. The fraction of sp³-hybridized carbons (Fsp3) is 0.864. The zero-order chi connectivity index (χ0) is 21.7. The fourth-order valence-electron chi connectivity index (χ4n) is 5.00. The first-order valence-electron chi connectivity index (χ1n) is 11.4. The first-order chi connectivity index (χ1) is 14.3. The molecule has 0 aliphatic carbocycles. The maximum atomic E-state index is 13.0. The summed E-state index contributed by atoms with van der Waals surface area (Å²) in [5.74, 6) is 0.702. The van der Waals surface area contributed by atoms with Gasteiger partial charge in [0.1, 0.15) is 6.04 Å². The second-order valence-electron chi connectivity index (χ2n) is 9.74. The van der Waals surface area contributed by atoms with Gasteiger partial charge in [-0.15, -0.1) is 0 Å². The molecule has 3 aliphatic heterocycles. The minimum Gasteiger partial charge on any atom is -0.381 e. The van der Waals surface area contributed by atoms with Gasteiger partial charge in [-0.3, -0.25) is 19.3 Å². The Morgan fingerprint density at radius 1 is 1.23 bits per heavy atom. The lowest BCUT2D eigenvalue weighted by Gasteiger charge is -2.39. The van der Waals surface area contributed by atoms with Gasteiger partial charge in [0.05, 0.1) is 5.54 Å². The van der Waals surface area contributed by atoms with Gasteiger partial charge in [0.25, 0.3) is 0 Å². The fourth-order valence-corrected chi connectivity index (χ4v) is 5.00. The molecule has 8 heteroatoms. The van der Waals surface area contributed by atoms with Gasteiger partial charge in [0, 0.05) is 59.3 Å². The number of nitrogens with zero attached hydrogens (tertiary/aromatic N) is 2. The van der Waals surface area contributed by atoms with Crippen molar-refractivity contribution in [1.82, 2.24) is 20.4 Å². The van der Waals surface area contributed by atoms with Crippen LogP contribution in [0.5, 0.6) is 0 Å². The molecule has 0 aromatic heterocycles. The van der Waals surface area contributed by atoms with Crippen molar-refractivity contribution in [3.8, 4) is 0 Å². The average molecular weight is 423 g/mol. The van der Waals surface area contributed by atoms with Gasteiger partial charge in [-0.25, -0.2) is 0 Å². The standard InChI is InChI=1S/C22H38N4O4/c1-16(2)13-25-14-19(21(29)24-22(15-25)6-10-30-11-7-22)23-20(28)12-18-4-8-26(9-5-18)17(3)27/h16,18-19H,4-15H2,1-3H3,(H,23,28)(H,24,29). The van der Waals surface area contributed by atoms with E-state index in [2.05, 4.69) is 29.4 Å². The molecule has 0 aromatic carbocycles. The molecule has 0 radical (unpaired) electrons. The van der Waals surface area contributed by atoms with Crippen LogP contribution in [0.25, 0.3) is 0 Å². The molecule has 3 fully saturated rings. The third-order valence-electron chi connectivity index (χ3n) is 6.61. The summed E-state index contributed by atoms with van der Waals surface area (Å²) in [5.41, 5.74) is -0.261. The Hall–Kier alpha value is -1.67. The molecule has 170 valence electrons. The summed E-state index contributed by atoms with van der Waals surface area (Å²) in [6, 6.07) is -0.532. The van der Waals surface area contributed by atoms with E-state index in [1.54, 1.807) is 6.92 Å². The van der Waals surface area contributed by atoms with Gasteiger partial charge in [0.2, 0.25) is 17.7 Å². The SMILES string of the molecule is CC(=O)N1CCC(CC(=O)NC2CN(CC(C)C)CC3(CCOCC3)NC2=O)CC1. The van der Waals surface area contributed by atoms with Gasteiger partial charge in [-0.2, -0.15) is 0 Å². The summed E-state index contributed by atoms with van der Waals surface area (Å²) >= 11 is 0. The number of ether oxygens (including phenoxy) is 1. The van der Waals surface area contributed by atoms with Crippen LogP contribution in [0.4, 0.5) is 0 Å². The van der Waals surface area contributed by atoms with E-state index < -0.39 is 6.04 Å². The van der Waals surface area contributed by atoms with E-state index in [0.717, 1.165) is 38.8 Å². The van der Waals surface area contributed by atoms with Crippen LogP contribution in [0, 0.1) is 11.8 Å². The molecule has 3 rings (SSSR count). The van der Waals surface area contributed by atoms with Crippen LogP contribution >= 0.6 is 0 Å². The van der Waals surface area contributed by atoms with Crippen molar-refractivity contribution in [3.63, 3.8) is 0 Å². The van der Waals surface area contributed by atoms with E-state index >= 15 is 0 Å². The van der Waals surface area contributed by atoms with Crippen LogP contribution in [0.3, 0.4) is 0 Å². The van der Waals surface area contributed by atoms with Crippen molar-refractivity contribution in [3.05, 3.63) is 0 Å². The summed E-state index contributed by atoms with van der Waals surface area (Å²) in [5, 5.41) is 6.27. The Labute approximate surface area is 180 Å². The minimum absolute atomic E-state index is 0.0659. The van der Waals surface area contributed by atoms with Gasteiger partial charge in [-0.05, 0) is 37.5 Å². The van der Waals surface area contributed by atoms with Crippen LogP contribution in [-0.2, 0) is 19.1 Å². The molecule has 1 spiro atoms. The normalized spacial score (nSPS) is 25.8. The smallest absolute Gasteiger partial charge is 0.244 e. The molecule has 1 unspecified atom stereocenters. The summed E-state index contributed by atoms with van der Waals surface area (Å²) < 4.78 is 5.52. The minimum atomic E-state index is -0.532. The van der Waals surface area contributed by atoms with E-state index in [-0.39, 0.29) is 29.2 Å². The van der Waals surface area contributed by atoms with Gasteiger partial charge in [-0.1, -0.05) is 13.8 Å². The molecule has 8 nitrogen and oxygen atoms in total. The van der Waals surface area contributed by atoms with Gasteiger partial charge >= 0.3 is 0 Å². The zero-order valence-electron chi connectivity index (χ0n) is 18.7. The maximum Gasteiger partial charge on any atom is 0.244 e. The van der Waals surface area contributed by atoms with Crippen molar-refractivity contribution < 1.29 is 19.1 Å². The Bertz CT molecular complexity index is 625. The summed E-state index contributed by atoms with van der Waals surface area (Å²) in [7, 11) is 0. The number of piperidine rings is 1. The van der Waals surface area contributed by atoms with Crippen molar-refractivity contribution in [2.24, 2.45) is 11.8 Å². The number of hydrogen-bond acceptors (Lipinski definition) is 5. The van der Waals surface area contributed by atoms with Crippen molar-refractivity contribution in [1.29, 1.82) is 0 Å². The van der Waals surface area contributed by atoms with Gasteiger partial charge in [0.15, 0.2) is 0 Å². The van der Waals surface area contributed by atoms with Crippen molar-refractivity contribution in [2.45, 2.75) is 64.5 Å². The largest absolute Gasteiger partial charge is 0.381 e. The molecule has 3 amide bonds. The zero-order valence-corrected chi connectivity index (χ0v) is 18.7. The second-order valence-corrected chi connectivity index (χ2v) is 9.74. The molecule has 30 heavy (non-hydrogen) atoms. The molecule has 0 aromatic rings. The van der Waals surface area contributed by atoms with Crippen molar-refractivity contribution in [2.75, 3.05) is 45.9 Å². The Morgan fingerprint density at radius 3 is 2.50 bits per heavy atom. The lowest BCUT2D eigenvalue weighted by Crippen LogP contribution is -2.57. The molecule has 0 saturated carbocycles. The first-order valence-corrected chi connectivity index (χ1v) is 11.4. The quantitative estimate of drug-likeness (QED) is 0.683. The highest BCUT2D eigenvalue weighted by atomic mass is 16.5. The Morgan fingerprint density at radius 2 is 1.90 bits per heavy atom. The molecule has 0 bridgehead atoms. The molecule has 1 atom stereocenters. The topological polar surface area (TPSA) is 91.0 Å². The van der Waals surface area contributed by atoms with Crippen LogP contribution in [-0.4, -0.2) is 85.0 Å². The first kappa shape index (κ1) is 23.0. The third-order valence-corrected chi connectivity index (χ3v) is 6.61. The number of likely N-dealkylation sites (tertiary alicyclic amines) is 1. The maximum absolute atomic E-state index is 13.0. The average Bonchev–Trinajstić information content (AvgIpc) is 2.78. The highest BCUT2D eigenvalue weighted by Crippen LogP contribution is 2.25. The molecular weight excluding hydrogens is 384 g/mol. The van der Waals surface area contributed by atoms with Crippen LogP contribution < -0.4 is 10.6 Å². The summed E-state index contributed by atoms with van der Waals surface area (Å²) in [4.78, 5) is 41.4. The second kappa shape index (κ2) is 10.1. The number of amides is 3. The number of rotatable bonds is 5. The van der Waals surface area contributed by atoms with E-state index in [1.807, 2.05) is 4.90 Å². The highest BCUT2D eigenvalue weighted by Gasteiger charge is 2.41. The van der Waals surface area contributed by atoms with E-state index in [9.17, 15) is 14.4 Å². The molecule has 3 heterocycles. The molecule has 3 aliphatic rings. The van der Waals surface area contributed by atoms with Crippen LogP contribution in [0.1, 0.15) is 52.9 Å². The number of carbonyl (C=O) groups excluding carboxylic acids is 3. The molecule has 2 N–H and O–H groups in total. The number of nitrogens with one attached hydrogen (secondary N) is 2. The summed E-state index contributed by atoms with van der Waals surface area (Å²) in [6.07, 6.45) is 3.71. The lowest BCUT2D eigenvalue weighted by atomic mass is 9.89. The lowest BCUT2D eigenvalue weighted by molar-refractivity contribution is -0.132. The van der Waals surface area contributed by atoms with Crippen molar-refractivity contribution >= 4 is 17.7 Å². The Balaban J connectivity index is 1.59. The number of carbonyl (C=O) groups is 3. The highest BCUT2D eigenvalue weighted by molar-refractivity contribution is 5.88. The molecule has 3 saturated heterocycles. The Kier molecular flexibility index (Phi) is 7.74. The van der Waals surface area contributed by atoms with E-state index in [4.69, 9.17) is 4.74 Å². The summed E-state index contributed by atoms with van der Waals surface area (Å²) in [6.45, 7) is 10.9. The predicted octanol–water partition coefficient (Wildman–Crippen LogP) is 0.757. The van der Waals surface area contributed by atoms with Crippen LogP contribution in [0.15, 0.2) is 0 Å². The van der Waals surface area contributed by atoms with Crippen LogP contribution in [0.2, 0.25) is 0 Å². The molecular formula is C22H38N4O4. The monoisotopic (exact) mass is 422 g/mol. The predicted molar refractivity (Wildman–Crippen MR) is 114 cm³/mol. The van der Waals surface area contributed by atoms with Gasteiger partial charge < -0.3 is 20.3 Å².